The van der Waals surface area contributed by atoms with Gasteiger partial charge in [0.25, 0.3) is 0 Å². The van der Waals surface area contributed by atoms with Crippen LogP contribution in [0.5, 0.6) is 0 Å². The minimum absolute atomic E-state index is 0. The maximum absolute atomic E-state index is 3.38. The highest BCUT2D eigenvalue weighted by molar-refractivity contribution is 6.92. The largest absolute Gasteiger partial charge is 0.177 e. The number of hydrogen-bond donors (Lipinski definition) is 3. The summed E-state index contributed by atoms with van der Waals surface area (Å²) in [5, 5.41) is 36.5. The third-order valence-corrected chi connectivity index (χ3v) is 0.809. The summed E-state index contributed by atoms with van der Waals surface area (Å²) in [6.07, 6.45) is 4.00. The molecule has 0 spiro atoms. The number of nitrogens with zero attached hydrogens (tertiary/aromatic N) is 9. The highest BCUT2D eigenvalue weighted by Crippen LogP contribution is 1.44. The van der Waals surface area contributed by atoms with Gasteiger partial charge >= 0.3 is 0 Å². The zero-order valence-electron chi connectivity index (χ0n) is 7.96. The van der Waals surface area contributed by atoms with Gasteiger partial charge in [-0.05, 0) is 0 Å². The molecule has 0 radical (unpaired) electrons. The monoisotopic (exact) mass is 244 g/mol. The summed E-state index contributed by atoms with van der Waals surface area (Å²) in [5.41, 5.74) is 0. The Bertz CT molecular complexity index is 248. The van der Waals surface area contributed by atoms with Gasteiger partial charge in [0.1, 0.15) is 0 Å². The smallest absolute Gasteiger partial charge is 0.161 e. The lowest BCUT2D eigenvalue weighted by atomic mass is 11.4. The number of hydrogen-bond acceptors (Lipinski definition) is 9. The van der Waals surface area contributed by atoms with Crippen LogP contribution in [-0.4, -0.2) is 61.9 Å². The predicted octanol–water partition coefficient (Wildman–Crippen LogP) is -2.34. The Balaban J connectivity index is 0.000000205. The van der Waals surface area contributed by atoms with Gasteiger partial charge in [-0.1, -0.05) is 15.6 Å². The fourth-order valence-corrected chi connectivity index (χ4v) is 0.387. The molecule has 0 aliphatic rings. The quantitative estimate of drug-likeness (QED) is 0.367. The Morgan fingerprint density at radius 2 is 0.875 bits per heavy atom. The molecule has 0 saturated carbocycles. The van der Waals surface area contributed by atoms with Gasteiger partial charge in [-0.25, -0.2) is 0 Å². The van der Waals surface area contributed by atoms with E-state index in [1.807, 2.05) is 0 Å². The summed E-state index contributed by atoms with van der Waals surface area (Å²) in [7, 11) is 0. The van der Waals surface area contributed by atoms with Gasteiger partial charge in [-0.2, -0.15) is 25.5 Å². The summed E-state index contributed by atoms with van der Waals surface area (Å²) >= 11 is 0. The number of tetrazole rings is 3. The van der Waals surface area contributed by atoms with Crippen LogP contribution in [0, 0.1) is 0 Å². The van der Waals surface area contributed by atoms with Crippen molar-refractivity contribution in [2.24, 2.45) is 0 Å². The highest BCUT2D eigenvalue weighted by Gasteiger charge is 1.59. The average molecular weight is 244 g/mol. The number of H-pyrrole nitrogens is 3. The Morgan fingerprint density at radius 3 is 0.938 bits per heavy atom. The van der Waals surface area contributed by atoms with Crippen LogP contribution in [0.3, 0.4) is 0 Å². The molecule has 16 heavy (non-hydrogen) atoms. The van der Waals surface area contributed by atoms with Crippen LogP contribution in [0.15, 0.2) is 19.0 Å². The zero-order valence-corrected chi connectivity index (χ0v) is 9.38. The molecule has 3 heterocycles. The van der Waals surface area contributed by atoms with Crippen molar-refractivity contribution in [2.45, 2.75) is 0 Å². The second kappa shape index (κ2) is 10.7. The van der Waals surface area contributed by atoms with Gasteiger partial charge in [0.2, 0.25) is 0 Å². The number of aromatic nitrogens is 12. The van der Waals surface area contributed by atoms with Crippen LogP contribution in [0.4, 0.5) is 0 Å². The van der Waals surface area contributed by atoms with Crippen molar-refractivity contribution in [3.8, 4) is 0 Å². The molecular formula is C3H9N12P. The van der Waals surface area contributed by atoms with Crippen LogP contribution in [0.25, 0.3) is 0 Å². The van der Waals surface area contributed by atoms with Crippen molar-refractivity contribution in [3.05, 3.63) is 19.0 Å². The van der Waals surface area contributed by atoms with E-state index in [4.69, 9.17) is 0 Å². The fourth-order valence-electron chi connectivity index (χ4n) is 0.387. The molecule has 0 aliphatic heterocycles. The molecule has 86 valence electrons. The van der Waals surface area contributed by atoms with E-state index in [9.17, 15) is 0 Å². The summed E-state index contributed by atoms with van der Waals surface area (Å²) in [6.45, 7) is 0. The Kier molecular flexibility index (Phi) is 9.14. The lowest BCUT2D eigenvalue weighted by Crippen LogP contribution is -1.64. The average Bonchev–Trinajstić information content (AvgIpc) is 3.09. The molecule has 3 rings (SSSR count). The SMILES string of the molecule is P.c1nn[nH]n1.c1nn[nH]n1.c1nn[nH]n1. The summed E-state index contributed by atoms with van der Waals surface area (Å²) in [6, 6.07) is 0. The van der Waals surface area contributed by atoms with Gasteiger partial charge in [-0.15, -0.1) is 30.6 Å². The molecule has 13 heteroatoms. The van der Waals surface area contributed by atoms with E-state index in [2.05, 4.69) is 61.9 Å². The molecule has 3 aromatic rings. The first-order chi connectivity index (χ1) is 7.50. The van der Waals surface area contributed by atoms with Crippen molar-refractivity contribution in [3.63, 3.8) is 0 Å². The second-order valence-corrected chi connectivity index (χ2v) is 1.68. The molecule has 3 N–H and O–H groups in total. The molecule has 0 aromatic carbocycles. The van der Waals surface area contributed by atoms with Crippen LogP contribution in [0.2, 0.25) is 0 Å². The molecule has 3 aromatic heterocycles. The molecular weight excluding hydrogens is 235 g/mol. The van der Waals surface area contributed by atoms with Crippen molar-refractivity contribution >= 4 is 9.90 Å². The molecule has 0 aliphatic carbocycles. The zero-order chi connectivity index (χ0) is 10.6. The van der Waals surface area contributed by atoms with E-state index >= 15 is 0 Å². The van der Waals surface area contributed by atoms with Gasteiger partial charge in [-0.3, -0.25) is 0 Å². The van der Waals surface area contributed by atoms with E-state index in [0.29, 0.717) is 0 Å². The first-order valence-corrected chi connectivity index (χ1v) is 3.49. The summed E-state index contributed by atoms with van der Waals surface area (Å²) in [5.74, 6) is 0. The Hall–Kier alpha value is -2.36. The second-order valence-electron chi connectivity index (χ2n) is 1.68. The van der Waals surface area contributed by atoms with Gasteiger partial charge < -0.3 is 0 Å². The van der Waals surface area contributed by atoms with E-state index in [1.165, 1.54) is 19.0 Å². The maximum atomic E-state index is 3.38. The molecule has 0 saturated heterocycles. The Morgan fingerprint density at radius 1 is 0.562 bits per heavy atom. The third kappa shape index (κ3) is 8.25. The van der Waals surface area contributed by atoms with E-state index < -0.39 is 0 Å². The number of aromatic amines is 3. The van der Waals surface area contributed by atoms with Crippen LogP contribution >= 0.6 is 9.90 Å². The molecule has 1 unspecified atom stereocenters. The first kappa shape index (κ1) is 13.6. The van der Waals surface area contributed by atoms with Crippen molar-refractivity contribution in [1.82, 2.24) is 61.9 Å². The molecule has 0 fully saturated rings. The molecule has 0 bridgehead atoms. The number of rotatable bonds is 0. The van der Waals surface area contributed by atoms with Crippen molar-refractivity contribution in [1.29, 1.82) is 0 Å². The van der Waals surface area contributed by atoms with E-state index in [-0.39, 0.29) is 9.90 Å². The lowest BCUT2D eigenvalue weighted by Gasteiger charge is -1.44. The highest BCUT2D eigenvalue weighted by atomic mass is 31.0. The third-order valence-electron chi connectivity index (χ3n) is 0.809. The molecule has 0 amide bonds. The van der Waals surface area contributed by atoms with Crippen LogP contribution in [0.1, 0.15) is 0 Å². The maximum Gasteiger partial charge on any atom is 0.161 e. The van der Waals surface area contributed by atoms with Gasteiger partial charge in [0, 0.05) is 0 Å². The minimum Gasteiger partial charge on any atom is -0.177 e. The van der Waals surface area contributed by atoms with Crippen LogP contribution in [-0.2, 0) is 0 Å². The summed E-state index contributed by atoms with van der Waals surface area (Å²) in [4.78, 5) is 0. The van der Waals surface area contributed by atoms with Gasteiger partial charge in [0.05, 0.1) is 0 Å². The lowest BCUT2D eigenvalue weighted by molar-refractivity contribution is 0.881. The topological polar surface area (TPSA) is 163 Å². The predicted molar refractivity (Wildman–Crippen MR) is 53.6 cm³/mol. The number of nitrogens with one attached hydrogen (secondary N) is 3. The molecule has 12 nitrogen and oxygen atoms in total. The van der Waals surface area contributed by atoms with Crippen molar-refractivity contribution in [2.75, 3.05) is 0 Å². The van der Waals surface area contributed by atoms with Gasteiger partial charge in [0.15, 0.2) is 19.0 Å². The molecule has 1 atom stereocenters. The normalized spacial score (nSPS) is 7.50. The van der Waals surface area contributed by atoms with Crippen LogP contribution < -0.4 is 0 Å². The standard InChI is InChI=1S/3CH2N4.H3P/c3*1-2-4-5-3-1;/h3*1H,(H,2,3,4,5);1H3. The fraction of sp³-hybridized carbons (Fsp3) is 0. The van der Waals surface area contributed by atoms with E-state index in [0.717, 1.165) is 0 Å². The van der Waals surface area contributed by atoms with Crippen molar-refractivity contribution < 1.29 is 0 Å². The minimum atomic E-state index is 0. The first-order valence-electron chi connectivity index (χ1n) is 3.49. The van der Waals surface area contributed by atoms with E-state index in [1.54, 1.807) is 0 Å². The summed E-state index contributed by atoms with van der Waals surface area (Å²) < 4.78 is 0. The Labute approximate surface area is 91.6 Å².